The van der Waals surface area contributed by atoms with Gasteiger partial charge in [-0.1, -0.05) is 13.8 Å². The molecule has 7 nitrogen and oxygen atoms in total. The van der Waals surface area contributed by atoms with Crippen molar-refractivity contribution in [1.82, 2.24) is 10.6 Å². The fraction of sp³-hybridized carbons (Fsp3) is 0.600. The summed E-state index contributed by atoms with van der Waals surface area (Å²) >= 11 is 0. The minimum Gasteiger partial charge on any atom is -0.492 e. The van der Waals surface area contributed by atoms with Gasteiger partial charge in [-0.15, -0.1) is 24.0 Å². The third kappa shape index (κ3) is 9.09. The number of guanidine groups is 1. The number of ether oxygens (including phenoxy) is 2. The fourth-order valence-corrected chi connectivity index (χ4v) is 2.71. The van der Waals surface area contributed by atoms with Gasteiger partial charge in [0.2, 0.25) is 5.91 Å². The average molecular weight is 504 g/mol. The van der Waals surface area contributed by atoms with Gasteiger partial charge in [0.05, 0.1) is 6.54 Å². The molecule has 0 saturated heterocycles. The van der Waals surface area contributed by atoms with E-state index in [1.165, 1.54) is 0 Å². The van der Waals surface area contributed by atoms with Crippen LogP contribution in [0.1, 0.15) is 32.3 Å². The lowest BCUT2D eigenvalue weighted by Gasteiger charge is -2.18. The maximum atomic E-state index is 11.4. The molecule has 3 N–H and O–H groups in total. The van der Waals surface area contributed by atoms with Crippen LogP contribution in [-0.4, -0.2) is 51.8 Å². The zero-order chi connectivity index (χ0) is 19.5. The van der Waals surface area contributed by atoms with Crippen LogP contribution < -0.4 is 20.7 Å². The van der Waals surface area contributed by atoms with Gasteiger partial charge in [-0.2, -0.15) is 0 Å². The lowest BCUT2D eigenvalue weighted by molar-refractivity contribution is -0.116. The number of nitrogens with zero attached hydrogens (tertiary/aromatic N) is 1. The molecule has 1 aliphatic rings. The number of nitrogens with one attached hydrogen (secondary N) is 3. The van der Waals surface area contributed by atoms with E-state index in [1.807, 2.05) is 18.2 Å². The van der Waals surface area contributed by atoms with Gasteiger partial charge in [0.15, 0.2) is 5.96 Å². The molecule has 8 heteroatoms. The highest BCUT2D eigenvalue weighted by molar-refractivity contribution is 14.0. The Morgan fingerprint density at radius 3 is 2.75 bits per heavy atom. The van der Waals surface area contributed by atoms with E-state index >= 15 is 0 Å². The summed E-state index contributed by atoms with van der Waals surface area (Å²) in [7, 11) is 1.75. The Morgan fingerprint density at radius 2 is 2.00 bits per heavy atom. The summed E-state index contributed by atoms with van der Waals surface area (Å²) in [6, 6.07) is 5.78. The molecule has 0 saturated carbocycles. The van der Waals surface area contributed by atoms with Gasteiger partial charge in [-0.25, -0.2) is 0 Å². The molecule has 1 amide bonds. The Hall–Kier alpha value is -1.55. The number of carbonyl (C=O) groups excluding carboxylic acids is 1. The number of aryl methyl sites for hydroxylation is 1. The lowest BCUT2D eigenvalue weighted by Crippen LogP contribution is -2.39. The molecular weight excluding hydrogens is 471 g/mol. The van der Waals surface area contributed by atoms with E-state index < -0.39 is 0 Å². The number of benzene rings is 1. The number of hydrogen-bond acceptors (Lipinski definition) is 4. The molecule has 28 heavy (non-hydrogen) atoms. The standard InChI is InChI=1S/C20H32N4O3.HI/c1-15(2)14-26-11-4-9-22-20(21-3)23-10-12-27-17-6-7-18-16(13-17)5-8-19(25)24-18;/h6-7,13,15H,4-5,8-12,14H2,1-3H3,(H,24,25)(H2,21,22,23);1H. The molecule has 2 rings (SSSR count). The molecule has 1 heterocycles. The number of fused-ring (bicyclic) bond motifs is 1. The van der Waals surface area contributed by atoms with Crippen molar-refractivity contribution in [2.45, 2.75) is 33.1 Å². The summed E-state index contributed by atoms with van der Waals surface area (Å²) in [6.45, 7) is 7.85. The van der Waals surface area contributed by atoms with Crippen molar-refractivity contribution >= 4 is 41.5 Å². The number of amides is 1. The van der Waals surface area contributed by atoms with Gasteiger partial charge >= 0.3 is 0 Å². The summed E-state index contributed by atoms with van der Waals surface area (Å²) in [4.78, 5) is 15.6. The average Bonchev–Trinajstić information content (AvgIpc) is 2.65. The summed E-state index contributed by atoms with van der Waals surface area (Å²) < 4.78 is 11.4. The molecule has 0 radical (unpaired) electrons. The third-order valence-electron chi connectivity index (χ3n) is 4.07. The molecule has 0 fully saturated rings. The van der Waals surface area contributed by atoms with Gasteiger partial charge < -0.3 is 25.4 Å². The Morgan fingerprint density at radius 1 is 1.21 bits per heavy atom. The van der Waals surface area contributed by atoms with Crippen molar-refractivity contribution in [2.75, 3.05) is 45.3 Å². The van der Waals surface area contributed by atoms with Crippen LogP contribution in [0.15, 0.2) is 23.2 Å². The van der Waals surface area contributed by atoms with Crippen LogP contribution in [0.5, 0.6) is 5.75 Å². The number of halogens is 1. The number of carbonyl (C=O) groups is 1. The predicted molar refractivity (Wildman–Crippen MR) is 124 cm³/mol. The summed E-state index contributed by atoms with van der Waals surface area (Å²) in [5.41, 5.74) is 2.01. The van der Waals surface area contributed by atoms with Crippen LogP contribution in [0.25, 0.3) is 0 Å². The lowest BCUT2D eigenvalue weighted by atomic mass is 10.0. The van der Waals surface area contributed by atoms with Crippen molar-refractivity contribution in [1.29, 1.82) is 0 Å². The minimum atomic E-state index is 0. The Labute approximate surface area is 185 Å². The fourth-order valence-electron chi connectivity index (χ4n) is 2.71. The molecule has 0 aromatic heterocycles. The van der Waals surface area contributed by atoms with Crippen molar-refractivity contribution in [3.8, 4) is 5.75 Å². The molecule has 0 atom stereocenters. The molecule has 0 unspecified atom stereocenters. The zero-order valence-corrected chi connectivity index (χ0v) is 19.4. The van der Waals surface area contributed by atoms with E-state index in [0.717, 1.165) is 55.6 Å². The van der Waals surface area contributed by atoms with Crippen LogP contribution in [0.2, 0.25) is 0 Å². The highest BCUT2D eigenvalue weighted by atomic mass is 127. The SMILES string of the molecule is CN=C(NCCCOCC(C)C)NCCOc1ccc2c(c1)CCC(=O)N2.I. The van der Waals surface area contributed by atoms with Crippen LogP contribution in [0, 0.1) is 5.92 Å². The molecule has 0 spiro atoms. The second kappa shape index (κ2) is 13.6. The topological polar surface area (TPSA) is 84.0 Å². The molecular formula is C20H33IN4O3. The second-order valence-corrected chi connectivity index (χ2v) is 6.96. The Bertz CT molecular complexity index is 638. The Kier molecular flexibility index (Phi) is 11.9. The molecule has 1 aromatic rings. The number of aliphatic imine (C=N–C) groups is 1. The molecule has 158 valence electrons. The highest BCUT2D eigenvalue weighted by Crippen LogP contribution is 2.26. The quantitative estimate of drug-likeness (QED) is 0.198. The van der Waals surface area contributed by atoms with E-state index in [1.54, 1.807) is 7.05 Å². The summed E-state index contributed by atoms with van der Waals surface area (Å²) in [6.07, 6.45) is 2.23. The third-order valence-corrected chi connectivity index (χ3v) is 4.07. The second-order valence-electron chi connectivity index (χ2n) is 6.96. The first-order valence-electron chi connectivity index (χ1n) is 9.66. The van der Waals surface area contributed by atoms with Gasteiger partial charge in [0.1, 0.15) is 12.4 Å². The van der Waals surface area contributed by atoms with Crippen LogP contribution in [-0.2, 0) is 16.0 Å². The van der Waals surface area contributed by atoms with Crippen molar-refractivity contribution in [2.24, 2.45) is 10.9 Å². The van der Waals surface area contributed by atoms with Gasteiger partial charge in [-0.3, -0.25) is 9.79 Å². The van der Waals surface area contributed by atoms with E-state index in [4.69, 9.17) is 9.47 Å². The smallest absolute Gasteiger partial charge is 0.224 e. The predicted octanol–water partition coefficient (Wildman–Crippen LogP) is 2.80. The Balaban J connectivity index is 0.00000392. The van der Waals surface area contributed by atoms with Crippen LogP contribution in [0.4, 0.5) is 5.69 Å². The normalized spacial score (nSPS) is 13.4. The van der Waals surface area contributed by atoms with Crippen molar-refractivity contribution < 1.29 is 14.3 Å². The highest BCUT2D eigenvalue weighted by Gasteiger charge is 2.14. The van der Waals surface area contributed by atoms with E-state index in [2.05, 4.69) is 34.8 Å². The number of hydrogen-bond donors (Lipinski definition) is 3. The van der Waals surface area contributed by atoms with Crippen LogP contribution >= 0.6 is 24.0 Å². The van der Waals surface area contributed by atoms with Gasteiger partial charge in [0, 0.05) is 38.9 Å². The maximum absolute atomic E-state index is 11.4. The van der Waals surface area contributed by atoms with E-state index in [9.17, 15) is 4.79 Å². The zero-order valence-electron chi connectivity index (χ0n) is 17.0. The summed E-state index contributed by atoms with van der Waals surface area (Å²) in [5.74, 6) is 2.22. The largest absolute Gasteiger partial charge is 0.492 e. The van der Waals surface area contributed by atoms with E-state index in [0.29, 0.717) is 25.5 Å². The van der Waals surface area contributed by atoms with Gasteiger partial charge in [0.25, 0.3) is 0 Å². The molecule has 1 aromatic carbocycles. The van der Waals surface area contributed by atoms with Crippen LogP contribution in [0.3, 0.4) is 0 Å². The molecule has 1 aliphatic heterocycles. The summed E-state index contributed by atoms with van der Waals surface area (Å²) in [5, 5.41) is 9.37. The maximum Gasteiger partial charge on any atom is 0.224 e. The first-order chi connectivity index (χ1) is 13.1. The molecule has 0 aliphatic carbocycles. The number of anilines is 1. The van der Waals surface area contributed by atoms with Gasteiger partial charge in [-0.05, 0) is 42.5 Å². The monoisotopic (exact) mass is 504 g/mol. The van der Waals surface area contributed by atoms with Crippen molar-refractivity contribution in [3.05, 3.63) is 23.8 Å². The number of rotatable bonds is 10. The minimum absolute atomic E-state index is 0. The first-order valence-corrected chi connectivity index (χ1v) is 9.66. The first kappa shape index (κ1) is 24.5. The van der Waals surface area contributed by atoms with Crippen molar-refractivity contribution in [3.63, 3.8) is 0 Å². The molecule has 0 bridgehead atoms. The van der Waals surface area contributed by atoms with E-state index in [-0.39, 0.29) is 29.9 Å².